The van der Waals surface area contributed by atoms with Gasteiger partial charge in [-0.3, -0.25) is 19.2 Å². The van der Waals surface area contributed by atoms with Gasteiger partial charge in [0.05, 0.1) is 19.3 Å². The Labute approximate surface area is 149 Å². The fourth-order valence-electron chi connectivity index (χ4n) is 1.41. The zero-order chi connectivity index (χ0) is 20.0. The summed E-state index contributed by atoms with van der Waals surface area (Å²) >= 11 is 0. The van der Waals surface area contributed by atoms with E-state index in [1.807, 2.05) is 0 Å². The Balaban J connectivity index is 0. The topological polar surface area (TPSA) is 145 Å². The van der Waals surface area contributed by atoms with Crippen LogP contribution in [-0.2, 0) is 19.2 Å². The standard InChI is InChI=1S/C12H21N5O4.C4H10/c1-17(2)7-11(20)15-6-10(19)16-9(12(14)21)4-3-8(18)5-13;1-4(2)3/h5,9,13H,3-4,6-7H2,1-2H3,(H2,14,21)(H,15,20)(H,16,19);4H,1-3H3. The normalized spacial score (nSPS) is 11.2. The molecule has 0 heterocycles. The predicted octanol–water partition coefficient (Wildman–Crippen LogP) is -0.705. The second kappa shape index (κ2) is 14.1. The molecule has 1 atom stereocenters. The average Bonchev–Trinajstić information content (AvgIpc) is 2.47. The first kappa shape index (κ1) is 25.0. The molecule has 9 heteroatoms. The average molecular weight is 357 g/mol. The van der Waals surface area contributed by atoms with Gasteiger partial charge in [0.25, 0.3) is 0 Å². The zero-order valence-electron chi connectivity index (χ0n) is 15.7. The Hall–Kier alpha value is -2.29. The third kappa shape index (κ3) is 17.9. The van der Waals surface area contributed by atoms with Crippen LogP contribution in [0.3, 0.4) is 0 Å². The van der Waals surface area contributed by atoms with Gasteiger partial charge in [0, 0.05) is 6.42 Å². The Kier molecular flexibility index (Phi) is 14.1. The van der Waals surface area contributed by atoms with Gasteiger partial charge in [0.15, 0.2) is 5.78 Å². The molecule has 3 amide bonds. The number of likely N-dealkylation sites (N-methyl/N-ethyl adjacent to an activating group) is 1. The van der Waals surface area contributed by atoms with E-state index in [4.69, 9.17) is 11.1 Å². The van der Waals surface area contributed by atoms with Crippen molar-refractivity contribution in [3.63, 3.8) is 0 Å². The third-order valence-electron chi connectivity index (χ3n) is 2.43. The van der Waals surface area contributed by atoms with Crippen molar-refractivity contribution in [3.8, 4) is 0 Å². The van der Waals surface area contributed by atoms with Gasteiger partial charge in [-0.2, -0.15) is 0 Å². The molecule has 0 spiro atoms. The first-order valence-electron chi connectivity index (χ1n) is 8.03. The number of hydrogen-bond donors (Lipinski definition) is 4. The summed E-state index contributed by atoms with van der Waals surface area (Å²) in [4.78, 5) is 46.7. The maximum atomic E-state index is 11.6. The second-order valence-electron chi connectivity index (χ2n) is 6.42. The van der Waals surface area contributed by atoms with Gasteiger partial charge in [0.2, 0.25) is 17.7 Å². The van der Waals surface area contributed by atoms with Gasteiger partial charge < -0.3 is 26.7 Å². The van der Waals surface area contributed by atoms with Gasteiger partial charge in [-0.25, -0.2) is 0 Å². The van der Waals surface area contributed by atoms with E-state index in [0.717, 1.165) is 5.92 Å². The molecule has 0 aliphatic carbocycles. The highest BCUT2D eigenvalue weighted by Crippen LogP contribution is 1.97. The number of primary amides is 1. The first-order valence-corrected chi connectivity index (χ1v) is 8.03. The van der Waals surface area contributed by atoms with Crippen molar-refractivity contribution < 1.29 is 19.2 Å². The molecule has 0 aromatic rings. The summed E-state index contributed by atoms with van der Waals surface area (Å²) in [6.45, 7) is 6.36. The highest BCUT2D eigenvalue weighted by Gasteiger charge is 2.19. The summed E-state index contributed by atoms with van der Waals surface area (Å²) in [6, 6.07) is -1.01. The van der Waals surface area contributed by atoms with E-state index in [1.54, 1.807) is 19.0 Å². The fourth-order valence-corrected chi connectivity index (χ4v) is 1.41. The molecule has 25 heavy (non-hydrogen) atoms. The lowest BCUT2D eigenvalue weighted by molar-refractivity contribution is -0.129. The van der Waals surface area contributed by atoms with Crippen molar-refractivity contribution >= 4 is 29.7 Å². The number of amides is 3. The molecule has 0 saturated heterocycles. The largest absolute Gasteiger partial charge is 0.368 e. The van der Waals surface area contributed by atoms with Crippen molar-refractivity contribution in [2.75, 3.05) is 27.2 Å². The number of nitrogens with one attached hydrogen (secondary N) is 3. The van der Waals surface area contributed by atoms with Gasteiger partial charge in [0.1, 0.15) is 6.04 Å². The molecule has 0 radical (unpaired) electrons. The Morgan fingerprint density at radius 1 is 1.12 bits per heavy atom. The van der Waals surface area contributed by atoms with Crippen LogP contribution >= 0.6 is 0 Å². The molecular weight excluding hydrogens is 326 g/mol. The second-order valence-corrected chi connectivity index (χ2v) is 6.42. The van der Waals surface area contributed by atoms with Crippen molar-refractivity contribution in [3.05, 3.63) is 0 Å². The molecular formula is C16H31N5O4. The molecule has 9 nitrogen and oxygen atoms in total. The number of Topliss-reactive ketones (excluding diaryl/α,β-unsaturated/α-hetero) is 1. The van der Waals surface area contributed by atoms with E-state index >= 15 is 0 Å². The van der Waals surface area contributed by atoms with Gasteiger partial charge >= 0.3 is 0 Å². The van der Waals surface area contributed by atoms with Crippen LogP contribution in [0, 0.1) is 11.3 Å². The van der Waals surface area contributed by atoms with Crippen LogP contribution in [0.1, 0.15) is 33.6 Å². The van der Waals surface area contributed by atoms with Crippen molar-refractivity contribution in [1.29, 1.82) is 5.41 Å². The summed E-state index contributed by atoms with van der Waals surface area (Å²) in [6.07, 6.45) is 0.590. The summed E-state index contributed by atoms with van der Waals surface area (Å²) in [5.41, 5.74) is 5.12. The van der Waals surface area contributed by atoms with Crippen LogP contribution in [0.4, 0.5) is 0 Å². The molecule has 0 bridgehead atoms. The van der Waals surface area contributed by atoms with E-state index < -0.39 is 23.6 Å². The van der Waals surface area contributed by atoms with Crippen molar-refractivity contribution in [2.45, 2.75) is 39.7 Å². The third-order valence-corrected chi connectivity index (χ3v) is 2.43. The lowest BCUT2D eigenvalue weighted by Gasteiger charge is -2.15. The summed E-state index contributed by atoms with van der Waals surface area (Å²) in [7, 11) is 3.42. The monoisotopic (exact) mass is 357 g/mol. The summed E-state index contributed by atoms with van der Waals surface area (Å²) < 4.78 is 0. The Bertz CT molecular complexity index is 461. The molecule has 144 valence electrons. The van der Waals surface area contributed by atoms with E-state index in [-0.39, 0.29) is 31.8 Å². The number of ketones is 1. The number of rotatable bonds is 10. The quantitative estimate of drug-likeness (QED) is 0.382. The number of nitrogens with two attached hydrogens (primary N) is 1. The minimum Gasteiger partial charge on any atom is -0.368 e. The minimum absolute atomic E-state index is 0.0148. The predicted molar refractivity (Wildman–Crippen MR) is 96.2 cm³/mol. The highest BCUT2D eigenvalue weighted by atomic mass is 16.2. The molecule has 0 aromatic carbocycles. The minimum atomic E-state index is -1.01. The van der Waals surface area contributed by atoms with Crippen LogP contribution < -0.4 is 16.4 Å². The molecule has 0 rings (SSSR count). The van der Waals surface area contributed by atoms with Crippen molar-refractivity contribution in [1.82, 2.24) is 15.5 Å². The molecule has 5 N–H and O–H groups in total. The van der Waals surface area contributed by atoms with Crippen LogP contribution in [0.5, 0.6) is 0 Å². The zero-order valence-corrected chi connectivity index (χ0v) is 15.7. The lowest BCUT2D eigenvalue weighted by Crippen LogP contribution is -2.48. The Morgan fingerprint density at radius 3 is 2.04 bits per heavy atom. The first-order chi connectivity index (χ1) is 11.5. The van der Waals surface area contributed by atoms with E-state index in [2.05, 4.69) is 31.4 Å². The van der Waals surface area contributed by atoms with E-state index in [1.165, 1.54) is 0 Å². The van der Waals surface area contributed by atoms with Crippen molar-refractivity contribution in [2.24, 2.45) is 11.7 Å². The molecule has 0 aliphatic heterocycles. The van der Waals surface area contributed by atoms with Gasteiger partial charge in [-0.05, 0) is 26.4 Å². The number of nitrogens with zero attached hydrogens (tertiary/aromatic N) is 1. The molecule has 0 aromatic heterocycles. The SMILES string of the molecule is CC(C)C.CN(C)CC(=O)NCC(=O)NC(CCC(=O)C=N)C(N)=O. The number of hydrogen-bond acceptors (Lipinski definition) is 6. The van der Waals surface area contributed by atoms with Crippen LogP contribution in [0.25, 0.3) is 0 Å². The number of carbonyl (C=O) groups is 4. The van der Waals surface area contributed by atoms with E-state index in [0.29, 0.717) is 6.21 Å². The lowest BCUT2D eigenvalue weighted by atomic mass is 10.1. The molecule has 0 fully saturated rings. The van der Waals surface area contributed by atoms with Crippen LogP contribution in [-0.4, -0.2) is 67.8 Å². The van der Waals surface area contributed by atoms with Crippen LogP contribution in [0.2, 0.25) is 0 Å². The molecule has 0 aliphatic rings. The van der Waals surface area contributed by atoms with Crippen LogP contribution in [0.15, 0.2) is 0 Å². The molecule has 1 unspecified atom stereocenters. The molecule has 0 saturated carbocycles. The fraction of sp³-hybridized carbons (Fsp3) is 0.688. The van der Waals surface area contributed by atoms with Gasteiger partial charge in [-0.1, -0.05) is 20.8 Å². The highest BCUT2D eigenvalue weighted by molar-refractivity contribution is 6.26. The van der Waals surface area contributed by atoms with E-state index in [9.17, 15) is 19.2 Å². The maximum absolute atomic E-state index is 11.6. The maximum Gasteiger partial charge on any atom is 0.240 e. The summed E-state index contributed by atoms with van der Waals surface area (Å²) in [5, 5.41) is 11.5. The van der Waals surface area contributed by atoms with Gasteiger partial charge in [-0.15, -0.1) is 0 Å². The summed E-state index contributed by atoms with van der Waals surface area (Å²) in [5.74, 6) is -1.31. The Morgan fingerprint density at radius 2 is 1.64 bits per heavy atom. The number of carbonyl (C=O) groups excluding carboxylic acids is 4. The smallest absolute Gasteiger partial charge is 0.240 e.